The molecule has 0 aromatic carbocycles. The van der Waals surface area contributed by atoms with E-state index in [4.69, 9.17) is 0 Å². The van der Waals surface area contributed by atoms with Gasteiger partial charge < -0.3 is 0 Å². The molecule has 0 saturated heterocycles. The van der Waals surface area contributed by atoms with E-state index in [1.54, 1.807) is 12.3 Å². The predicted molar refractivity (Wildman–Crippen MR) is 67.0 cm³/mol. The Labute approximate surface area is 103 Å². The first kappa shape index (κ1) is 12.2. The molecule has 1 aliphatic rings. The van der Waals surface area contributed by atoms with Crippen LogP contribution >= 0.6 is 0 Å². The highest BCUT2D eigenvalue weighted by Crippen LogP contribution is 2.37. The van der Waals surface area contributed by atoms with Crippen LogP contribution in [-0.2, 0) is 0 Å². The number of rotatable bonds is 3. The Morgan fingerprint density at radius 1 is 1.29 bits per heavy atom. The van der Waals surface area contributed by atoms with Crippen molar-refractivity contribution in [3.05, 3.63) is 23.8 Å². The van der Waals surface area contributed by atoms with Crippen molar-refractivity contribution in [3.8, 4) is 0 Å². The van der Waals surface area contributed by atoms with E-state index in [-0.39, 0.29) is 0 Å². The molecule has 17 heavy (non-hydrogen) atoms. The van der Waals surface area contributed by atoms with Gasteiger partial charge in [-0.25, -0.2) is 9.97 Å². The average molecular weight is 232 g/mol. The Morgan fingerprint density at radius 3 is 2.59 bits per heavy atom. The third-order valence-electron chi connectivity index (χ3n) is 3.90. The van der Waals surface area contributed by atoms with Crippen molar-refractivity contribution in [3.63, 3.8) is 0 Å². The molecule has 1 fully saturated rings. The van der Waals surface area contributed by atoms with Crippen LogP contribution in [0, 0.1) is 11.8 Å². The molecule has 0 spiro atoms. The van der Waals surface area contributed by atoms with Gasteiger partial charge in [-0.3, -0.25) is 4.79 Å². The third-order valence-corrected chi connectivity index (χ3v) is 3.90. The number of carbonyl (C=O) groups excluding carboxylic acids is 1. The quantitative estimate of drug-likeness (QED) is 0.751. The summed E-state index contributed by atoms with van der Waals surface area (Å²) < 4.78 is 0. The lowest BCUT2D eigenvalue weighted by atomic mass is 9.77. The summed E-state index contributed by atoms with van der Waals surface area (Å²) in [6, 6.07) is 1.66. The van der Waals surface area contributed by atoms with Gasteiger partial charge in [0.1, 0.15) is 11.5 Å². The number of nitrogens with zero attached hydrogens (tertiary/aromatic N) is 2. The van der Waals surface area contributed by atoms with Crippen LogP contribution in [0.2, 0.25) is 0 Å². The molecule has 1 aromatic rings. The van der Waals surface area contributed by atoms with Gasteiger partial charge in [-0.15, -0.1) is 0 Å². The Bertz CT molecular complexity index is 382. The minimum atomic E-state index is 0.449. The lowest BCUT2D eigenvalue weighted by molar-refractivity contribution is 0.111. The second kappa shape index (κ2) is 5.39. The standard InChI is InChI=1S/C14H20N2O/c1-10(2)11-3-5-12(6-4-11)14-15-8-7-13(9-17)16-14/h7-12H,3-6H2,1-2H3. The van der Waals surface area contributed by atoms with E-state index in [1.165, 1.54) is 12.8 Å². The maximum Gasteiger partial charge on any atom is 0.168 e. The SMILES string of the molecule is CC(C)C1CCC(c2nccc(C=O)n2)CC1. The molecule has 3 nitrogen and oxygen atoms in total. The van der Waals surface area contributed by atoms with Crippen molar-refractivity contribution in [1.82, 2.24) is 9.97 Å². The molecule has 0 radical (unpaired) electrons. The lowest BCUT2D eigenvalue weighted by Gasteiger charge is -2.30. The van der Waals surface area contributed by atoms with Gasteiger partial charge in [0.15, 0.2) is 6.29 Å². The van der Waals surface area contributed by atoms with Gasteiger partial charge in [-0.1, -0.05) is 13.8 Å². The summed E-state index contributed by atoms with van der Waals surface area (Å²) in [6.45, 7) is 4.60. The zero-order chi connectivity index (χ0) is 12.3. The van der Waals surface area contributed by atoms with E-state index < -0.39 is 0 Å². The summed E-state index contributed by atoms with van der Waals surface area (Å²) >= 11 is 0. The molecule has 0 aliphatic heterocycles. The van der Waals surface area contributed by atoms with Crippen molar-refractivity contribution in [2.45, 2.75) is 45.4 Å². The highest BCUT2D eigenvalue weighted by molar-refractivity contribution is 5.71. The maximum atomic E-state index is 10.7. The van der Waals surface area contributed by atoms with Crippen molar-refractivity contribution in [2.24, 2.45) is 11.8 Å². The van der Waals surface area contributed by atoms with Crippen molar-refractivity contribution in [2.75, 3.05) is 0 Å². The number of hydrogen-bond donors (Lipinski definition) is 0. The molecular formula is C14H20N2O. The van der Waals surface area contributed by atoms with E-state index in [0.717, 1.165) is 36.8 Å². The molecule has 0 unspecified atom stereocenters. The smallest absolute Gasteiger partial charge is 0.168 e. The molecule has 0 amide bonds. The number of aldehydes is 1. The highest BCUT2D eigenvalue weighted by atomic mass is 16.1. The van der Waals surface area contributed by atoms with E-state index in [0.29, 0.717) is 11.6 Å². The van der Waals surface area contributed by atoms with Crippen molar-refractivity contribution < 1.29 is 4.79 Å². The first-order valence-corrected chi connectivity index (χ1v) is 6.49. The van der Waals surface area contributed by atoms with Crippen LogP contribution in [0.3, 0.4) is 0 Å². The zero-order valence-electron chi connectivity index (χ0n) is 10.6. The van der Waals surface area contributed by atoms with Gasteiger partial charge in [0.25, 0.3) is 0 Å². The van der Waals surface area contributed by atoms with Crippen molar-refractivity contribution in [1.29, 1.82) is 0 Å². The molecule has 0 bridgehead atoms. The van der Waals surface area contributed by atoms with Crippen LogP contribution in [0.15, 0.2) is 12.3 Å². The van der Waals surface area contributed by atoms with E-state index in [2.05, 4.69) is 23.8 Å². The Kier molecular flexibility index (Phi) is 3.87. The highest BCUT2D eigenvalue weighted by Gasteiger charge is 2.25. The minimum absolute atomic E-state index is 0.449. The summed E-state index contributed by atoms with van der Waals surface area (Å²) in [5.74, 6) is 2.93. The van der Waals surface area contributed by atoms with Crippen LogP contribution in [0.1, 0.15) is 61.8 Å². The van der Waals surface area contributed by atoms with Gasteiger partial charge in [0.05, 0.1) is 0 Å². The fraction of sp³-hybridized carbons (Fsp3) is 0.643. The molecule has 1 heterocycles. The van der Waals surface area contributed by atoms with Crippen molar-refractivity contribution >= 4 is 6.29 Å². The monoisotopic (exact) mass is 232 g/mol. The third kappa shape index (κ3) is 2.90. The summed E-state index contributed by atoms with van der Waals surface area (Å²) in [5.41, 5.74) is 0.501. The van der Waals surface area contributed by atoms with Crippen LogP contribution in [0.5, 0.6) is 0 Å². The number of carbonyl (C=O) groups is 1. The van der Waals surface area contributed by atoms with Crippen LogP contribution in [0.25, 0.3) is 0 Å². The predicted octanol–water partition coefficient (Wildman–Crippen LogP) is 3.22. The molecule has 1 aliphatic carbocycles. The molecule has 0 N–H and O–H groups in total. The Morgan fingerprint density at radius 2 is 2.00 bits per heavy atom. The van der Waals surface area contributed by atoms with Crippen LogP contribution in [-0.4, -0.2) is 16.3 Å². The first-order valence-electron chi connectivity index (χ1n) is 6.49. The lowest BCUT2D eigenvalue weighted by Crippen LogP contribution is -2.19. The number of aromatic nitrogens is 2. The largest absolute Gasteiger partial charge is 0.296 e. The minimum Gasteiger partial charge on any atom is -0.296 e. The maximum absolute atomic E-state index is 10.7. The van der Waals surface area contributed by atoms with Gasteiger partial charge in [-0.05, 0) is 43.6 Å². The molecule has 1 saturated carbocycles. The van der Waals surface area contributed by atoms with E-state index >= 15 is 0 Å². The van der Waals surface area contributed by atoms with Gasteiger partial charge >= 0.3 is 0 Å². The Hall–Kier alpha value is -1.25. The molecule has 1 aromatic heterocycles. The van der Waals surface area contributed by atoms with E-state index in [1.807, 2.05) is 0 Å². The molecule has 92 valence electrons. The van der Waals surface area contributed by atoms with Gasteiger partial charge in [0, 0.05) is 12.1 Å². The number of hydrogen-bond acceptors (Lipinski definition) is 3. The molecule has 2 rings (SSSR count). The molecule has 0 atom stereocenters. The van der Waals surface area contributed by atoms with Gasteiger partial charge in [0.2, 0.25) is 0 Å². The molecule has 3 heteroatoms. The fourth-order valence-corrected chi connectivity index (χ4v) is 2.69. The Balaban J connectivity index is 2.02. The van der Waals surface area contributed by atoms with E-state index in [9.17, 15) is 4.79 Å². The second-order valence-electron chi connectivity index (χ2n) is 5.31. The van der Waals surface area contributed by atoms with Gasteiger partial charge in [-0.2, -0.15) is 0 Å². The summed E-state index contributed by atoms with van der Waals surface area (Å²) in [6.07, 6.45) is 7.33. The van der Waals surface area contributed by atoms with Crippen LogP contribution in [0.4, 0.5) is 0 Å². The second-order valence-corrected chi connectivity index (χ2v) is 5.31. The normalized spacial score (nSPS) is 24.9. The zero-order valence-corrected chi connectivity index (χ0v) is 10.6. The molecular weight excluding hydrogens is 212 g/mol. The summed E-state index contributed by atoms with van der Waals surface area (Å²) in [5, 5.41) is 0. The summed E-state index contributed by atoms with van der Waals surface area (Å²) in [7, 11) is 0. The average Bonchev–Trinajstić information content (AvgIpc) is 2.39. The topological polar surface area (TPSA) is 42.9 Å². The van der Waals surface area contributed by atoms with Crippen LogP contribution < -0.4 is 0 Å². The summed E-state index contributed by atoms with van der Waals surface area (Å²) in [4.78, 5) is 19.3. The fourth-order valence-electron chi connectivity index (χ4n) is 2.69. The first-order chi connectivity index (χ1) is 8.20.